The molecule has 1 aromatic heterocycles. The van der Waals surface area contributed by atoms with Crippen molar-refractivity contribution < 1.29 is 4.92 Å². The molecule has 1 atom stereocenters. The summed E-state index contributed by atoms with van der Waals surface area (Å²) in [4.78, 5) is 14.0. The van der Waals surface area contributed by atoms with Gasteiger partial charge in [-0.05, 0) is 25.8 Å². The highest BCUT2D eigenvalue weighted by molar-refractivity contribution is 5.48. The zero-order chi connectivity index (χ0) is 12.1. The maximum absolute atomic E-state index is 10.5. The van der Waals surface area contributed by atoms with Gasteiger partial charge in [-0.2, -0.15) is 0 Å². The molecule has 0 fully saturated rings. The molecule has 0 saturated heterocycles. The van der Waals surface area contributed by atoms with Crippen molar-refractivity contribution in [1.29, 1.82) is 0 Å². The molecule has 6 heteroatoms. The van der Waals surface area contributed by atoms with Crippen LogP contribution in [0.3, 0.4) is 0 Å². The third-order valence-electron chi connectivity index (χ3n) is 2.17. The second kappa shape index (κ2) is 5.41. The summed E-state index contributed by atoms with van der Waals surface area (Å²) in [5, 5.41) is 13.6. The summed E-state index contributed by atoms with van der Waals surface area (Å²) < 4.78 is 0. The molecule has 1 aromatic rings. The maximum atomic E-state index is 10.5. The fourth-order valence-electron chi connectivity index (χ4n) is 1.26. The van der Waals surface area contributed by atoms with Crippen LogP contribution >= 0.6 is 0 Å². The van der Waals surface area contributed by atoms with Crippen LogP contribution in [-0.2, 0) is 0 Å². The van der Waals surface area contributed by atoms with Gasteiger partial charge in [0.15, 0.2) is 0 Å². The van der Waals surface area contributed by atoms with Gasteiger partial charge in [-0.25, -0.2) is 4.98 Å². The summed E-state index contributed by atoms with van der Waals surface area (Å²) in [7, 11) is 0. The molecule has 3 N–H and O–H groups in total. The summed E-state index contributed by atoms with van der Waals surface area (Å²) in [5.41, 5.74) is 6.38. The van der Waals surface area contributed by atoms with Crippen molar-refractivity contribution in [3.8, 4) is 0 Å². The number of hydrogen-bond acceptors (Lipinski definition) is 5. The number of hydrogen-bond donors (Lipinski definition) is 2. The lowest BCUT2D eigenvalue weighted by Gasteiger charge is -2.09. The molecule has 0 aliphatic carbocycles. The minimum atomic E-state index is -0.453. The van der Waals surface area contributed by atoms with E-state index in [2.05, 4.69) is 10.3 Å². The normalized spacial score (nSPS) is 12.2. The van der Waals surface area contributed by atoms with Crippen molar-refractivity contribution >= 4 is 11.5 Å². The van der Waals surface area contributed by atoms with Gasteiger partial charge in [0.25, 0.3) is 5.69 Å². The Kier molecular flexibility index (Phi) is 4.19. The zero-order valence-corrected chi connectivity index (χ0v) is 9.43. The van der Waals surface area contributed by atoms with Gasteiger partial charge in [0.2, 0.25) is 0 Å². The molecule has 0 radical (unpaired) electrons. The molecule has 1 unspecified atom stereocenters. The largest absolute Gasteiger partial charge is 0.370 e. The van der Waals surface area contributed by atoms with E-state index < -0.39 is 4.92 Å². The summed E-state index contributed by atoms with van der Waals surface area (Å²) >= 11 is 0. The highest BCUT2D eigenvalue weighted by atomic mass is 16.6. The van der Waals surface area contributed by atoms with Crippen LogP contribution in [0, 0.1) is 17.0 Å². The lowest BCUT2D eigenvalue weighted by molar-refractivity contribution is -0.385. The third-order valence-corrected chi connectivity index (χ3v) is 2.17. The predicted molar refractivity (Wildman–Crippen MR) is 62.4 cm³/mol. The summed E-state index contributed by atoms with van der Waals surface area (Å²) in [6.45, 7) is 4.43. The Morgan fingerprint density at radius 3 is 2.88 bits per heavy atom. The molecule has 88 valence electrons. The van der Waals surface area contributed by atoms with E-state index >= 15 is 0 Å². The standard InChI is InChI=1S/C10H16N4O2/c1-7-5-9(14(15)16)6-13-10(7)12-4-3-8(2)11/h5-6,8H,3-4,11H2,1-2H3,(H,12,13). The van der Waals surface area contributed by atoms with Crippen LogP contribution in [-0.4, -0.2) is 22.5 Å². The summed E-state index contributed by atoms with van der Waals surface area (Å²) in [6.07, 6.45) is 2.08. The van der Waals surface area contributed by atoms with Crippen LogP contribution in [0.4, 0.5) is 11.5 Å². The van der Waals surface area contributed by atoms with E-state index in [0.29, 0.717) is 12.4 Å². The van der Waals surface area contributed by atoms with E-state index in [0.717, 1.165) is 12.0 Å². The number of nitro groups is 1. The average Bonchev–Trinajstić information content (AvgIpc) is 2.19. The molecule has 1 heterocycles. The highest BCUT2D eigenvalue weighted by Gasteiger charge is 2.08. The van der Waals surface area contributed by atoms with E-state index in [9.17, 15) is 10.1 Å². The lowest BCUT2D eigenvalue weighted by Crippen LogP contribution is -2.19. The molecule has 0 aliphatic heterocycles. The van der Waals surface area contributed by atoms with Crippen molar-refractivity contribution in [2.45, 2.75) is 26.3 Å². The van der Waals surface area contributed by atoms with Crippen LogP contribution in [0.25, 0.3) is 0 Å². The topological polar surface area (TPSA) is 94.1 Å². The van der Waals surface area contributed by atoms with Crippen molar-refractivity contribution in [2.75, 3.05) is 11.9 Å². The van der Waals surface area contributed by atoms with Crippen LogP contribution in [0.15, 0.2) is 12.3 Å². The molecule has 6 nitrogen and oxygen atoms in total. The smallest absolute Gasteiger partial charge is 0.287 e. The first kappa shape index (κ1) is 12.4. The third kappa shape index (κ3) is 3.47. The Labute approximate surface area is 94.0 Å². The fourth-order valence-corrected chi connectivity index (χ4v) is 1.26. The van der Waals surface area contributed by atoms with Gasteiger partial charge in [-0.1, -0.05) is 0 Å². The van der Waals surface area contributed by atoms with Crippen LogP contribution < -0.4 is 11.1 Å². The van der Waals surface area contributed by atoms with E-state index in [-0.39, 0.29) is 11.7 Å². The Hall–Kier alpha value is -1.69. The number of aryl methyl sites for hydroxylation is 1. The molecule has 1 rings (SSSR count). The molecule has 0 bridgehead atoms. The second-order valence-electron chi connectivity index (χ2n) is 3.81. The van der Waals surface area contributed by atoms with E-state index in [1.54, 1.807) is 6.92 Å². The number of nitrogens with one attached hydrogen (secondary N) is 1. The molecule has 16 heavy (non-hydrogen) atoms. The Morgan fingerprint density at radius 1 is 1.69 bits per heavy atom. The van der Waals surface area contributed by atoms with E-state index in [1.165, 1.54) is 12.3 Å². The second-order valence-corrected chi connectivity index (χ2v) is 3.81. The van der Waals surface area contributed by atoms with Crippen LogP contribution in [0.1, 0.15) is 18.9 Å². The monoisotopic (exact) mass is 224 g/mol. The quantitative estimate of drug-likeness (QED) is 0.583. The van der Waals surface area contributed by atoms with Crippen LogP contribution in [0.5, 0.6) is 0 Å². The maximum Gasteiger partial charge on any atom is 0.287 e. The highest BCUT2D eigenvalue weighted by Crippen LogP contribution is 2.17. The number of nitrogens with zero attached hydrogens (tertiary/aromatic N) is 2. The van der Waals surface area contributed by atoms with Gasteiger partial charge >= 0.3 is 0 Å². The van der Waals surface area contributed by atoms with Crippen molar-refractivity contribution in [2.24, 2.45) is 5.73 Å². The molecule has 0 saturated carbocycles. The van der Waals surface area contributed by atoms with Gasteiger partial charge in [0.05, 0.1) is 4.92 Å². The van der Waals surface area contributed by atoms with Gasteiger partial charge in [0.1, 0.15) is 12.0 Å². The predicted octanol–water partition coefficient (Wildman–Crippen LogP) is 1.45. The van der Waals surface area contributed by atoms with E-state index in [1.807, 2.05) is 6.92 Å². The number of anilines is 1. The molecular formula is C10H16N4O2. The SMILES string of the molecule is Cc1cc([N+](=O)[O-])cnc1NCCC(C)N. The number of pyridine rings is 1. The number of nitrogens with two attached hydrogens (primary N) is 1. The summed E-state index contributed by atoms with van der Waals surface area (Å²) in [6, 6.07) is 1.63. The molecular weight excluding hydrogens is 208 g/mol. The molecule has 0 aromatic carbocycles. The van der Waals surface area contributed by atoms with Gasteiger partial charge in [-0.15, -0.1) is 0 Å². The fraction of sp³-hybridized carbons (Fsp3) is 0.500. The van der Waals surface area contributed by atoms with Crippen molar-refractivity contribution in [1.82, 2.24) is 4.98 Å². The minimum absolute atomic E-state index is 0.00948. The summed E-state index contributed by atoms with van der Waals surface area (Å²) in [5.74, 6) is 0.672. The lowest BCUT2D eigenvalue weighted by atomic mass is 10.2. The first-order valence-electron chi connectivity index (χ1n) is 5.11. The first-order chi connectivity index (χ1) is 7.50. The average molecular weight is 224 g/mol. The van der Waals surface area contributed by atoms with Gasteiger partial charge < -0.3 is 11.1 Å². The molecule has 0 amide bonds. The van der Waals surface area contributed by atoms with E-state index in [4.69, 9.17) is 5.73 Å². The Balaban J connectivity index is 2.64. The van der Waals surface area contributed by atoms with Gasteiger partial charge in [-0.3, -0.25) is 10.1 Å². The first-order valence-corrected chi connectivity index (χ1v) is 5.11. The van der Waals surface area contributed by atoms with Gasteiger partial charge in [0, 0.05) is 18.7 Å². The van der Waals surface area contributed by atoms with Crippen molar-refractivity contribution in [3.63, 3.8) is 0 Å². The Morgan fingerprint density at radius 2 is 2.38 bits per heavy atom. The number of aromatic nitrogens is 1. The van der Waals surface area contributed by atoms with Crippen molar-refractivity contribution in [3.05, 3.63) is 27.9 Å². The van der Waals surface area contributed by atoms with Crippen LogP contribution in [0.2, 0.25) is 0 Å². The number of rotatable bonds is 5. The minimum Gasteiger partial charge on any atom is -0.370 e. The zero-order valence-electron chi connectivity index (χ0n) is 9.43. The Bertz CT molecular complexity index is 379. The molecule has 0 aliphatic rings. The molecule has 0 spiro atoms.